The summed E-state index contributed by atoms with van der Waals surface area (Å²) in [6.45, 7) is 6.99. The minimum atomic E-state index is -0.730. The van der Waals surface area contributed by atoms with E-state index in [4.69, 9.17) is 4.74 Å². The number of carbonyl (C=O) groups excluding carboxylic acids is 4. The summed E-state index contributed by atoms with van der Waals surface area (Å²) in [5.41, 5.74) is 1.39. The molecule has 0 bridgehead atoms. The lowest BCUT2D eigenvalue weighted by molar-refractivity contribution is -0.152. The molecule has 0 saturated carbocycles. The van der Waals surface area contributed by atoms with Gasteiger partial charge in [-0.15, -0.1) is 0 Å². The highest BCUT2D eigenvalue weighted by Gasteiger charge is 2.36. The fourth-order valence-corrected chi connectivity index (χ4v) is 2.82. The number of ether oxygens (including phenoxy) is 1. The largest absolute Gasteiger partial charge is 0.455 e. The molecule has 4 amide bonds. The van der Waals surface area contributed by atoms with Gasteiger partial charge in [0.15, 0.2) is 6.61 Å². The van der Waals surface area contributed by atoms with E-state index in [1.54, 1.807) is 25.7 Å². The fraction of sp³-hybridized carbons (Fsp3) is 0.500. The van der Waals surface area contributed by atoms with Crippen LogP contribution in [-0.4, -0.2) is 42.5 Å². The Balaban J connectivity index is 1.83. The van der Waals surface area contributed by atoms with Crippen LogP contribution in [0.4, 0.5) is 10.5 Å². The van der Waals surface area contributed by atoms with Gasteiger partial charge in [0.1, 0.15) is 0 Å². The molecule has 2 N–H and O–H groups in total. The molecule has 8 nitrogen and oxygen atoms in total. The molecule has 1 aliphatic rings. The molecule has 1 saturated heterocycles. The lowest BCUT2D eigenvalue weighted by Gasteiger charge is -2.20. The minimum Gasteiger partial charge on any atom is -0.455 e. The van der Waals surface area contributed by atoms with E-state index < -0.39 is 36.0 Å². The normalized spacial score (nSPS) is 16.6. The molecule has 1 aliphatic heterocycles. The first kappa shape index (κ1) is 21.4. The van der Waals surface area contributed by atoms with E-state index in [0.29, 0.717) is 0 Å². The zero-order valence-electron chi connectivity index (χ0n) is 16.7. The number of hydrogen-bond acceptors (Lipinski definition) is 5. The quantitative estimate of drug-likeness (QED) is 0.747. The average Bonchev–Trinajstić information content (AvgIpc) is 3.00. The number of nitrogens with zero attached hydrogens (tertiary/aromatic N) is 1. The molecule has 28 heavy (non-hydrogen) atoms. The number of hydrogen-bond donors (Lipinski definition) is 2. The molecule has 1 fully saturated rings. The van der Waals surface area contributed by atoms with Gasteiger partial charge in [-0.2, -0.15) is 0 Å². The maximum absolute atomic E-state index is 12.2. The van der Waals surface area contributed by atoms with E-state index in [-0.39, 0.29) is 18.9 Å². The molecule has 0 spiro atoms. The highest BCUT2D eigenvalue weighted by Crippen LogP contribution is 2.26. The lowest BCUT2D eigenvalue weighted by Crippen LogP contribution is -2.49. The van der Waals surface area contributed by atoms with Gasteiger partial charge in [-0.1, -0.05) is 19.1 Å². The zero-order valence-corrected chi connectivity index (χ0v) is 16.7. The van der Waals surface area contributed by atoms with Gasteiger partial charge in [-0.05, 0) is 44.9 Å². The zero-order chi connectivity index (χ0) is 20.9. The Hall–Kier alpha value is -2.90. The molecule has 1 aromatic rings. The van der Waals surface area contributed by atoms with E-state index in [0.717, 1.165) is 17.7 Å². The van der Waals surface area contributed by atoms with Crippen molar-refractivity contribution in [1.82, 2.24) is 10.6 Å². The van der Waals surface area contributed by atoms with Crippen LogP contribution in [0.3, 0.4) is 0 Å². The Kier molecular flexibility index (Phi) is 6.77. The van der Waals surface area contributed by atoms with Gasteiger partial charge in [0.25, 0.3) is 5.91 Å². The van der Waals surface area contributed by atoms with Crippen molar-refractivity contribution in [1.29, 1.82) is 0 Å². The summed E-state index contributed by atoms with van der Waals surface area (Å²) < 4.78 is 4.98. The number of esters is 1. The Bertz CT molecular complexity index is 752. The molecule has 8 heteroatoms. The van der Waals surface area contributed by atoms with E-state index in [1.807, 2.05) is 31.2 Å². The number of anilines is 1. The van der Waals surface area contributed by atoms with E-state index >= 15 is 0 Å². The monoisotopic (exact) mass is 389 g/mol. The highest BCUT2D eigenvalue weighted by molar-refractivity contribution is 6.00. The molecule has 0 aliphatic carbocycles. The van der Waals surface area contributed by atoms with Gasteiger partial charge in [-0.3, -0.25) is 19.7 Å². The second-order valence-electron chi connectivity index (χ2n) is 7.79. The summed E-state index contributed by atoms with van der Waals surface area (Å²) in [6, 6.07) is 6.94. The molecule has 1 aromatic carbocycles. The van der Waals surface area contributed by atoms with Crippen LogP contribution in [0.15, 0.2) is 24.3 Å². The second kappa shape index (κ2) is 8.86. The van der Waals surface area contributed by atoms with Gasteiger partial charge in [0, 0.05) is 24.2 Å². The third-order valence-corrected chi connectivity index (χ3v) is 4.20. The Morgan fingerprint density at radius 3 is 2.39 bits per heavy atom. The highest BCUT2D eigenvalue weighted by atomic mass is 16.5. The first-order valence-corrected chi connectivity index (χ1v) is 9.27. The maximum atomic E-state index is 12.2. The number of rotatable bonds is 5. The van der Waals surface area contributed by atoms with Crippen LogP contribution in [0.25, 0.3) is 0 Å². The summed E-state index contributed by atoms with van der Waals surface area (Å²) in [5, 5.41) is 4.66. The van der Waals surface area contributed by atoms with Crippen molar-refractivity contribution in [2.45, 2.75) is 46.1 Å². The standard InChI is InChI=1S/C20H27N3O5/c1-5-13-6-8-15(9-7-13)23-11-14(10-17(23)25)18(26)28-12-16(24)21-19(27)22-20(2,3)4/h6-9,14H,5,10-12H2,1-4H3,(H2,21,22,24,27)/t14-/m1/s1. The summed E-state index contributed by atoms with van der Waals surface area (Å²) in [6.07, 6.45) is 0.930. The molecule has 152 valence electrons. The van der Waals surface area contributed by atoms with Crippen LogP contribution in [0.1, 0.15) is 39.7 Å². The van der Waals surface area contributed by atoms with Gasteiger partial charge >= 0.3 is 12.0 Å². The lowest BCUT2D eigenvalue weighted by atomic mass is 10.1. The number of amides is 4. The summed E-state index contributed by atoms with van der Waals surface area (Å²) in [5.74, 6) is -2.17. The number of nitrogens with one attached hydrogen (secondary N) is 2. The number of aryl methyl sites for hydroxylation is 1. The molecular weight excluding hydrogens is 362 g/mol. The number of urea groups is 1. The first-order valence-electron chi connectivity index (χ1n) is 9.27. The van der Waals surface area contributed by atoms with Crippen molar-refractivity contribution >= 4 is 29.5 Å². The van der Waals surface area contributed by atoms with Crippen molar-refractivity contribution in [2.75, 3.05) is 18.1 Å². The van der Waals surface area contributed by atoms with Crippen molar-refractivity contribution in [3.8, 4) is 0 Å². The number of imide groups is 1. The third-order valence-electron chi connectivity index (χ3n) is 4.20. The van der Waals surface area contributed by atoms with Crippen LogP contribution in [0, 0.1) is 5.92 Å². The second-order valence-corrected chi connectivity index (χ2v) is 7.79. The van der Waals surface area contributed by atoms with Crippen molar-refractivity contribution < 1.29 is 23.9 Å². The van der Waals surface area contributed by atoms with Crippen molar-refractivity contribution in [2.24, 2.45) is 5.92 Å². The average molecular weight is 389 g/mol. The van der Waals surface area contributed by atoms with Gasteiger partial charge in [0.2, 0.25) is 5.91 Å². The smallest absolute Gasteiger partial charge is 0.321 e. The van der Waals surface area contributed by atoms with Gasteiger partial charge < -0.3 is 15.0 Å². The van der Waals surface area contributed by atoms with Gasteiger partial charge in [0.05, 0.1) is 5.92 Å². The van der Waals surface area contributed by atoms with E-state index in [9.17, 15) is 19.2 Å². The Morgan fingerprint density at radius 1 is 1.18 bits per heavy atom. The van der Waals surface area contributed by atoms with Crippen LogP contribution < -0.4 is 15.5 Å². The summed E-state index contributed by atoms with van der Waals surface area (Å²) in [4.78, 5) is 49.4. The van der Waals surface area contributed by atoms with Crippen LogP contribution >= 0.6 is 0 Å². The Labute approximate surface area is 164 Å². The van der Waals surface area contributed by atoms with Crippen LogP contribution in [-0.2, 0) is 25.5 Å². The minimum absolute atomic E-state index is 0.0283. The molecule has 0 radical (unpaired) electrons. The van der Waals surface area contributed by atoms with E-state index in [1.165, 1.54) is 0 Å². The maximum Gasteiger partial charge on any atom is 0.321 e. The predicted octanol–water partition coefficient (Wildman–Crippen LogP) is 1.77. The predicted molar refractivity (Wildman–Crippen MR) is 104 cm³/mol. The molecular formula is C20H27N3O5. The molecule has 0 unspecified atom stereocenters. The van der Waals surface area contributed by atoms with Crippen LogP contribution in [0.2, 0.25) is 0 Å². The van der Waals surface area contributed by atoms with Gasteiger partial charge in [-0.25, -0.2) is 4.79 Å². The molecule has 0 aromatic heterocycles. The van der Waals surface area contributed by atoms with Crippen molar-refractivity contribution in [3.05, 3.63) is 29.8 Å². The SMILES string of the molecule is CCc1ccc(N2C[C@H](C(=O)OCC(=O)NC(=O)NC(C)(C)C)CC2=O)cc1. The number of carbonyl (C=O) groups is 4. The van der Waals surface area contributed by atoms with Crippen LogP contribution in [0.5, 0.6) is 0 Å². The summed E-state index contributed by atoms with van der Waals surface area (Å²) in [7, 11) is 0. The Morgan fingerprint density at radius 2 is 1.82 bits per heavy atom. The number of benzene rings is 1. The van der Waals surface area contributed by atoms with Crippen molar-refractivity contribution in [3.63, 3.8) is 0 Å². The first-order chi connectivity index (χ1) is 13.1. The van der Waals surface area contributed by atoms with E-state index in [2.05, 4.69) is 10.6 Å². The molecule has 2 rings (SSSR count). The molecule has 1 heterocycles. The fourth-order valence-electron chi connectivity index (χ4n) is 2.82. The topological polar surface area (TPSA) is 105 Å². The molecule has 1 atom stereocenters. The summed E-state index contributed by atoms with van der Waals surface area (Å²) >= 11 is 0. The third kappa shape index (κ3) is 6.07.